The van der Waals surface area contributed by atoms with E-state index in [0.29, 0.717) is 10.6 Å². The molecule has 0 saturated heterocycles. The highest BCUT2D eigenvalue weighted by Gasteiger charge is 2.04. The van der Waals surface area contributed by atoms with Gasteiger partial charge in [0.1, 0.15) is 11.9 Å². The van der Waals surface area contributed by atoms with Crippen LogP contribution in [0.2, 0.25) is 5.02 Å². The molecule has 2 rings (SSSR count). The SMILES string of the molecule is N#Cc1ccc(Nc2ccc(F)cc2I)cc1Cl. The Morgan fingerprint density at radius 2 is 2.00 bits per heavy atom. The summed E-state index contributed by atoms with van der Waals surface area (Å²) in [6.07, 6.45) is 0. The largest absolute Gasteiger partial charge is 0.355 e. The summed E-state index contributed by atoms with van der Waals surface area (Å²) in [6, 6.07) is 11.5. The van der Waals surface area contributed by atoms with E-state index >= 15 is 0 Å². The summed E-state index contributed by atoms with van der Waals surface area (Å²) in [4.78, 5) is 0. The Morgan fingerprint density at radius 3 is 2.61 bits per heavy atom. The van der Waals surface area contributed by atoms with Gasteiger partial charge in [0.15, 0.2) is 0 Å². The topological polar surface area (TPSA) is 35.8 Å². The van der Waals surface area contributed by atoms with Gasteiger partial charge in [0.2, 0.25) is 0 Å². The third kappa shape index (κ3) is 2.92. The van der Waals surface area contributed by atoms with Crippen molar-refractivity contribution in [3.05, 3.63) is 56.4 Å². The fourth-order valence-corrected chi connectivity index (χ4v) is 2.26. The molecule has 90 valence electrons. The number of nitriles is 1. The van der Waals surface area contributed by atoms with E-state index in [9.17, 15) is 4.39 Å². The molecule has 0 aromatic heterocycles. The number of anilines is 2. The second-order valence-corrected chi connectivity index (χ2v) is 5.12. The lowest BCUT2D eigenvalue weighted by molar-refractivity contribution is 0.627. The van der Waals surface area contributed by atoms with Crippen molar-refractivity contribution in [1.82, 2.24) is 0 Å². The zero-order chi connectivity index (χ0) is 13.1. The first kappa shape index (κ1) is 13.1. The molecule has 2 aromatic carbocycles. The predicted molar refractivity (Wildman–Crippen MR) is 78.6 cm³/mol. The molecular formula is C13H7ClFIN2. The number of nitrogens with zero attached hydrogens (tertiary/aromatic N) is 1. The summed E-state index contributed by atoms with van der Waals surface area (Å²) in [5.41, 5.74) is 1.97. The van der Waals surface area contributed by atoms with Crippen LogP contribution in [0.25, 0.3) is 0 Å². The Labute approximate surface area is 123 Å². The normalized spacial score (nSPS) is 9.89. The Kier molecular flexibility index (Phi) is 4.04. The lowest BCUT2D eigenvalue weighted by atomic mass is 10.2. The van der Waals surface area contributed by atoms with E-state index in [1.54, 1.807) is 24.3 Å². The molecule has 0 bridgehead atoms. The van der Waals surface area contributed by atoms with Crippen molar-refractivity contribution in [1.29, 1.82) is 5.26 Å². The van der Waals surface area contributed by atoms with Gasteiger partial charge in [0.25, 0.3) is 0 Å². The van der Waals surface area contributed by atoms with E-state index in [2.05, 4.69) is 5.32 Å². The Bertz CT molecular complexity index is 637. The minimum Gasteiger partial charge on any atom is -0.355 e. The van der Waals surface area contributed by atoms with Gasteiger partial charge in [-0.05, 0) is 59.0 Å². The van der Waals surface area contributed by atoms with Crippen molar-refractivity contribution in [3.8, 4) is 6.07 Å². The zero-order valence-corrected chi connectivity index (χ0v) is 12.0. The molecule has 0 amide bonds. The second kappa shape index (κ2) is 5.55. The van der Waals surface area contributed by atoms with Crippen LogP contribution in [0.4, 0.5) is 15.8 Å². The highest BCUT2D eigenvalue weighted by Crippen LogP contribution is 2.26. The number of halogens is 3. The quantitative estimate of drug-likeness (QED) is 0.776. The first-order valence-corrected chi connectivity index (χ1v) is 6.47. The molecule has 5 heteroatoms. The molecule has 18 heavy (non-hydrogen) atoms. The van der Waals surface area contributed by atoms with Crippen molar-refractivity contribution in [3.63, 3.8) is 0 Å². The first-order chi connectivity index (χ1) is 8.60. The maximum Gasteiger partial charge on any atom is 0.124 e. The molecule has 0 atom stereocenters. The minimum atomic E-state index is -0.275. The molecule has 0 aliphatic rings. The number of benzene rings is 2. The molecule has 0 heterocycles. The number of rotatable bonds is 2. The van der Waals surface area contributed by atoms with Crippen LogP contribution in [0.3, 0.4) is 0 Å². The maximum absolute atomic E-state index is 13.0. The highest BCUT2D eigenvalue weighted by molar-refractivity contribution is 14.1. The first-order valence-electron chi connectivity index (χ1n) is 5.02. The zero-order valence-electron chi connectivity index (χ0n) is 9.05. The summed E-state index contributed by atoms with van der Waals surface area (Å²) >= 11 is 7.98. The predicted octanol–water partition coefficient (Wildman–Crippen LogP) is 4.70. The monoisotopic (exact) mass is 372 g/mol. The van der Waals surface area contributed by atoms with Crippen molar-refractivity contribution < 1.29 is 4.39 Å². The number of hydrogen-bond donors (Lipinski definition) is 1. The molecule has 0 spiro atoms. The summed E-state index contributed by atoms with van der Waals surface area (Å²) in [5.74, 6) is -0.275. The minimum absolute atomic E-state index is 0.275. The van der Waals surface area contributed by atoms with Crippen LogP contribution < -0.4 is 5.32 Å². The van der Waals surface area contributed by atoms with E-state index < -0.39 is 0 Å². The third-order valence-electron chi connectivity index (χ3n) is 2.30. The molecule has 1 N–H and O–H groups in total. The van der Waals surface area contributed by atoms with Gasteiger partial charge in [-0.1, -0.05) is 11.6 Å². The van der Waals surface area contributed by atoms with Gasteiger partial charge in [0, 0.05) is 9.26 Å². The van der Waals surface area contributed by atoms with E-state index in [-0.39, 0.29) is 5.82 Å². The molecule has 2 nitrogen and oxygen atoms in total. The van der Waals surface area contributed by atoms with Gasteiger partial charge in [-0.25, -0.2) is 4.39 Å². The molecule has 0 fully saturated rings. The van der Waals surface area contributed by atoms with Gasteiger partial charge in [-0.15, -0.1) is 0 Å². The van der Waals surface area contributed by atoms with Crippen LogP contribution in [0.15, 0.2) is 36.4 Å². The van der Waals surface area contributed by atoms with Crippen LogP contribution in [0.1, 0.15) is 5.56 Å². The summed E-state index contributed by atoms with van der Waals surface area (Å²) in [7, 11) is 0. The Morgan fingerprint density at radius 1 is 1.22 bits per heavy atom. The average molecular weight is 373 g/mol. The van der Waals surface area contributed by atoms with Crippen molar-refractivity contribution in [2.45, 2.75) is 0 Å². The fourth-order valence-electron chi connectivity index (χ4n) is 1.43. The van der Waals surface area contributed by atoms with Crippen LogP contribution in [-0.2, 0) is 0 Å². The number of hydrogen-bond acceptors (Lipinski definition) is 2. The standard InChI is InChI=1S/C13H7ClFIN2/c14-11-6-10(3-1-8(11)7-17)18-13-4-2-9(15)5-12(13)16/h1-6,18H. The lowest BCUT2D eigenvalue weighted by Gasteiger charge is -2.09. The smallest absolute Gasteiger partial charge is 0.124 e. The Balaban J connectivity index is 2.29. The molecule has 0 radical (unpaired) electrons. The van der Waals surface area contributed by atoms with Crippen molar-refractivity contribution in [2.24, 2.45) is 0 Å². The molecule has 0 aliphatic heterocycles. The van der Waals surface area contributed by atoms with Crippen LogP contribution >= 0.6 is 34.2 Å². The molecular weight excluding hydrogens is 366 g/mol. The van der Waals surface area contributed by atoms with Gasteiger partial charge in [-0.3, -0.25) is 0 Å². The van der Waals surface area contributed by atoms with Gasteiger partial charge in [-0.2, -0.15) is 5.26 Å². The van der Waals surface area contributed by atoms with Crippen LogP contribution in [0.5, 0.6) is 0 Å². The number of nitrogens with one attached hydrogen (secondary N) is 1. The third-order valence-corrected chi connectivity index (χ3v) is 3.50. The fraction of sp³-hybridized carbons (Fsp3) is 0. The van der Waals surface area contributed by atoms with Gasteiger partial charge >= 0.3 is 0 Å². The molecule has 2 aromatic rings. The summed E-state index contributed by atoms with van der Waals surface area (Å²) in [6.45, 7) is 0. The summed E-state index contributed by atoms with van der Waals surface area (Å²) < 4.78 is 13.7. The molecule has 0 unspecified atom stereocenters. The van der Waals surface area contributed by atoms with E-state index in [4.69, 9.17) is 16.9 Å². The van der Waals surface area contributed by atoms with E-state index in [1.165, 1.54) is 12.1 Å². The van der Waals surface area contributed by atoms with E-state index in [1.807, 2.05) is 28.7 Å². The van der Waals surface area contributed by atoms with Gasteiger partial charge in [0.05, 0.1) is 16.3 Å². The van der Waals surface area contributed by atoms with E-state index in [0.717, 1.165) is 14.9 Å². The molecule has 0 saturated carbocycles. The average Bonchev–Trinajstić information content (AvgIpc) is 2.33. The second-order valence-electron chi connectivity index (χ2n) is 3.56. The van der Waals surface area contributed by atoms with Gasteiger partial charge < -0.3 is 5.32 Å². The van der Waals surface area contributed by atoms with Crippen LogP contribution in [-0.4, -0.2) is 0 Å². The van der Waals surface area contributed by atoms with Crippen molar-refractivity contribution in [2.75, 3.05) is 5.32 Å². The maximum atomic E-state index is 13.0. The summed E-state index contributed by atoms with van der Waals surface area (Å²) in [5, 5.41) is 12.3. The highest BCUT2D eigenvalue weighted by atomic mass is 127. The van der Waals surface area contributed by atoms with Crippen LogP contribution in [0, 0.1) is 20.7 Å². The Hall–Kier alpha value is -1.32. The van der Waals surface area contributed by atoms with Crippen molar-refractivity contribution >= 4 is 45.6 Å². The molecule has 0 aliphatic carbocycles. The lowest BCUT2D eigenvalue weighted by Crippen LogP contribution is -1.94.